The number of fused-ring (bicyclic) bond motifs is 1. The van der Waals surface area contributed by atoms with Crippen molar-refractivity contribution in [2.45, 2.75) is 25.8 Å². The molecular formula is C17H16FN5O. The van der Waals surface area contributed by atoms with Crippen molar-refractivity contribution < 1.29 is 9.18 Å². The predicted octanol–water partition coefficient (Wildman–Crippen LogP) is 2.81. The molecule has 3 aromatic rings. The lowest BCUT2D eigenvalue weighted by Gasteiger charge is -2.08. The van der Waals surface area contributed by atoms with Gasteiger partial charge in [-0.2, -0.15) is 0 Å². The van der Waals surface area contributed by atoms with Gasteiger partial charge in [0.2, 0.25) is 0 Å². The van der Waals surface area contributed by atoms with E-state index in [1.807, 2.05) is 13.0 Å². The van der Waals surface area contributed by atoms with Crippen LogP contribution in [0.5, 0.6) is 0 Å². The van der Waals surface area contributed by atoms with Crippen LogP contribution in [0.15, 0.2) is 36.5 Å². The summed E-state index contributed by atoms with van der Waals surface area (Å²) in [4.78, 5) is 16.4. The average molecular weight is 325 g/mol. The minimum Gasteiger partial charge on any atom is -0.348 e. The lowest BCUT2D eigenvalue weighted by molar-refractivity contribution is 0.0944. The number of aryl methyl sites for hydroxylation is 1. The van der Waals surface area contributed by atoms with Gasteiger partial charge in [0.05, 0.1) is 6.20 Å². The van der Waals surface area contributed by atoms with Crippen LogP contribution in [0.4, 0.5) is 15.9 Å². The zero-order valence-electron chi connectivity index (χ0n) is 13.1. The molecule has 1 aromatic carbocycles. The first-order valence-electron chi connectivity index (χ1n) is 7.78. The fraction of sp³-hybridized carbons (Fsp3) is 0.235. The largest absolute Gasteiger partial charge is 0.348 e. The Morgan fingerprint density at radius 2 is 2.12 bits per heavy atom. The molecule has 1 fully saturated rings. The highest BCUT2D eigenvalue weighted by Gasteiger charge is 2.25. The highest BCUT2D eigenvalue weighted by atomic mass is 19.1. The number of carbonyl (C=O) groups is 1. The van der Waals surface area contributed by atoms with Gasteiger partial charge in [0.25, 0.3) is 5.91 Å². The Hall–Kier alpha value is -2.96. The average Bonchev–Trinajstić information content (AvgIpc) is 3.23. The summed E-state index contributed by atoms with van der Waals surface area (Å²) >= 11 is 0. The second-order valence-electron chi connectivity index (χ2n) is 6.02. The van der Waals surface area contributed by atoms with Crippen LogP contribution in [0.25, 0.3) is 5.65 Å². The molecule has 1 aliphatic carbocycles. The van der Waals surface area contributed by atoms with Crippen molar-refractivity contribution in [2.24, 2.45) is 0 Å². The second kappa shape index (κ2) is 5.59. The zero-order chi connectivity index (χ0) is 16.7. The highest BCUT2D eigenvalue weighted by Crippen LogP contribution is 2.20. The number of nitrogens with one attached hydrogen (secondary N) is 2. The van der Waals surface area contributed by atoms with Crippen LogP contribution in [0.1, 0.15) is 28.9 Å². The fourth-order valence-electron chi connectivity index (χ4n) is 2.54. The van der Waals surface area contributed by atoms with Crippen LogP contribution in [0, 0.1) is 12.7 Å². The molecule has 0 spiro atoms. The van der Waals surface area contributed by atoms with E-state index in [0.29, 0.717) is 22.8 Å². The Kier molecular flexibility index (Phi) is 3.41. The molecule has 4 rings (SSSR count). The molecule has 0 bridgehead atoms. The van der Waals surface area contributed by atoms with E-state index in [2.05, 4.69) is 20.7 Å². The van der Waals surface area contributed by atoms with Gasteiger partial charge >= 0.3 is 0 Å². The normalized spacial score (nSPS) is 13.9. The molecule has 0 aliphatic heterocycles. The number of nitrogens with zero attached hydrogens (tertiary/aromatic N) is 3. The maximum atomic E-state index is 13.5. The first kappa shape index (κ1) is 14.6. The lowest BCUT2D eigenvalue weighted by atomic mass is 10.2. The number of aromatic nitrogens is 3. The van der Waals surface area contributed by atoms with E-state index < -0.39 is 0 Å². The molecule has 122 valence electrons. The van der Waals surface area contributed by atoms with Crippen molar-refractivity contribution in [3.05, 3.63) is 53.6 Å². The Bertz CT molecular complexity index is 912. The molecule has 2 heterocycles. The van der Waals surface area contributed by atoms with Crippen molar-refractivity contribution in [1.82, 2.24) is 19.9 Å². The summed E-state index contributed by atoms with van der Waals surface area (Å²) in [7, 11) is 0. The first-order valence-corrected chi connectivity index (χ1v) is 7.78. The first-order chi connectivity index (χ1) is 11.6. The topological polar surface area (TPSA) is 71.3 Å². The molecule has 1 amide bonds. The minimum absolute atomic E-state index is 0.184. The number of carbonyl (C=O) groups excluding carboxylic acids is 1. The van der Waals surface area contributed by atoms with E-state index >= 15 is 0 Å². The van der Waals surface area contributed by atoms with E-state index in [4.69, 9.17) is 0 Å². The fourth-order valence-corrected chi connectivity index (χ4v) is 2.54. The van der Waals surface area contributed by atoms with Crippen LogP contribution in [-0.4, -0.2) is 26.5 Å². The molecule has 6 nitrogen and oxygen atoms in total. The van der Waals surface area contributed by atoms with Crippen molar-refractivity contribution in [3.8, 4) is 0 Å². The van der Waals surface area contributed by atoms with Gasteiger partial charge < -0.3 is 10.6 Å². The van der Waals surface area contributed by atoms with Crippen LogP contribution in [-0.2, 0) is 0 Å². The number of rotatable bonds is 4. The number of hydrogen-bond donors (Lipinski definition) is 2. The molecule has 2 N–H and O–H groups in total. The molecule has 0 atom stereocenters. The van der Waals surface area contributed by atoms with E-state index in [0.717, 1.165) is 18.4 Å². The Balaban J connectivity index is 1.65. The molecule has 2 aromatic heterocycles. The van der Waals surface area contributed by atoms with E-state index in [9.17, 15) is 9.18 Å². The van der Waals surface area contributed by atoms with Crippen LogP contribution < -0.4 is 10.6 Å². The smallest absolute Gasteiger partial charge is 0.271 e. The van der Waals surface area contributed by atoms with Gasteiger partial charge in [-0.1, -0.05) is 0 Å². The quantitative estimate of drug-likeness (QED) is 0.774. The molecule has 24 heavy (non-hydrogen) atoms. The monoisotopic (exact) mass is 325 g/mol. The summed E-state index contributed by atoms with van der Waals surface area (Å²) < 4.78 is 15.0. The summed E-state index contributed by atoms with van der Waals surface area (Å²) in [6.07, 6.45) is 3.54. The van der Waals surface area contributed by atoms with E-state index in [-0.39, 0.29) is 17.8 Å². The minimum atomic E-state index is -0.314. The molecule has 1 aliphatic rings. The Morgan fingerprint density at radius 1 is 1.29 bits per heavy atom. The number of benzene rings is 1. The zero-order valence-corrected chi connectivity index (χ0v) is 13.1. The summed E-state index contributed by atoms with van der Waals surface area (Å²) in [6.45, 7) is 1.82. The lowest BCUT2D eigenvalue weighted by Crippen LogP contribution is -2.27. The van der Waals surface area contributed by atoms with Gasteiger partial charge in [0, 0.05) is 11.7 Å². The van der Waals surface area contributed by atoms with Crippen molar-refractivity contribution in [2.75, 3.05) is 5.32 Å². The van der Waals surface area contributed by atoms with Gasteiger partial charge in [0.15, 0.2) is 17.2 Å². The third kappa shape index (κ3) is 2.92. The molecule has 0 saturated heterocycles. The van der Waals surface area contributed by atoms with E-state index in [1.54, 1.807) is 12.1 Å². The van der Waals surface area contributed by atoms with Gasteiger partial charge in [-0.3, -0.25) is 4.79 Å². The summed E-state index contributed by atoms with van der Waals surface area (Å²) in [5, 5.41) is 10.4. The highest BCUT2D eigenvalue weighted by molar-refractivity contribution is 5.93. The number of anilines is 2. The van der Waals surface area contributed by atoms with Crippen LogP contribution in [0.2, 0.25) is 0 Å². The maximum absolute atomic E-state index is 13.5. The van der Waals surface area contributed by atoms with Crippen LogP contribution in [0.3, 0.4) is 0 Å². The molecule has 0 radical (unpaired) electrons. The number of imidazole rings is 1. The second-order valence-corrected chi connectivity index (χ2v) is 6.02. The molecule has 0 unspecified atom stereocenters. The molecule has 7 heteroatoms. The Labute approximate surface area is 137 Å². The van der Waals surface area contributed by atoms with Gasteiger partial charge in [-0.05, 0) is 55.7 Å². The van der Waals surface area contributed by atoms with Crippen molar-refractivity contribution in [1.29, 1.82) is 0 Å². The van der Waals surface area contributed by atoms with Gasteiger partial charge in [-0.15, -0.1) is 5.10 Å². The number of halogens is 1. The summed E-state index contributed by atoms with van der Waals surface area (Å²) in [5.74, 6) is 0.00734. The maximum Gasteiger partial charge on any atom is 0.271 e. The molecular weight excluding hydrogens is 309 g/mol. The summed E-state index contributed by atoms with van der Waals surface area (Å²) in [6, 6.07) is 8.44. The number of amides is 1. The number of hydrogen-bond acceptors (Lipinski definition) is 4. The third-order valence-corrected chi connectivity index (χ3v) is 3.82. The van der Waals surface area contributed by atoms with Gasteiger partial charge in [0.1, 0.15) is 5.82 Å². The third-order valence-electron chi connectivity index (χ3n) is 3.82. The SMILES string of the molecule is Cc1cc(F)cc(Nc2ccc3ncc(C(=O)NC4CC4)n3n2)c1. The van der Waals surface area contributed by atoms with Crippen molar-refractivity contribution in [3.63, 3.8) is 0 Å². The standard InChI is InChI=1S/C17H16FN5O/c1-10-6-11(18)8-13(7-10)20-15-4-5-16-19-9-14(23(16)22-15)17(24)21-12-2-3-12/h4-9,12H,2-3H2,1H3,(H,20,22)(H,21,24). The predicted molar refractivity (Wildman–Crippen MR) is 87.9 cm³/mol. The van der Waals surface area contributed by atoms with Crippen LogP contribution >= 0.6 is 0 Å². The van der Waals surface area contributed by atoms with Crippen molar-refractivity contribution >= 4 is 23.1 Å². The Morgan fingerprint density at radius 3 is 2.88 bits per heavy atom. The van der Waals surface area contributed by atoms with E-state index in [1.165, 1.54) is 22.8 Å². The van der Waals surface area contributed by atoms with Gasteiger partial charge in [-0.25, -0.2) is 13.9 Å². The summed E-state index contributed by atoms with van der Waals surface area (Å²) in [5.41, 5.74) is 2.38. The molecule has 1 saturated carbocycles.